The van der Waals surface area contributed by atoms with Gasteiger partial charge in [0.2, 0.25) is 0 Å². The number of rotatable bonds is 5. The smallest absolute Gasteiger partial charge is 0.317 e. The van der Waals surface area contributed by atoms with E-state index in [9.17, 15) is 26.7 Å². The standard InChI is InChI=1S/C22H16F6N4O/c1-31-14-4-2-3-12(23)17(14)19(30-21(31)33)32(11-16(24)25)15-6-10-29-13(18(15)26)5-7-22(8-9-22)20(27)28/h2-4,6,10,16,20H,8-9,11H2,1H3/i1D3. The molecule has 0 N–H and O–H groups in total. The molecule has 1 aliphatic rings. The summed E-state index contributed by atoms with van der Waals surface area (Å²) in [6, 6.07) is 4.02. The molecule has 4 rings (SSSR count). The van der Waals surface area contributed by atoms with E-state index >= 15 is 4.39 Å². The number of alkyl halides is 4. The molecule has 2 aromatic heterocycles. The highest BCUT2D eigenvalue weighted by Gasteiger charge is 2.50. The molecule has 1 aliphatic carbocycles. The monoisotopic (exact) mass is 469 g/mol. The van der Waals surface area contributed by atoms with Crippen LogP contribution >= 0.6 is 0 Å². The van der Waals surface area contributed by atoms with Crippen LogP contribution in [0.15, 0.2) is 35.3 Å². The van der Waals surface area contributed by atoms with Crippen molar-refractivity contribution in [1.29, 1.82) is 0 Å². The SMILES string of the molecule is [2H]C([2H])([2H])n1c(=O)nc(N(CC(F)F)c2ccnc(C#CC3(C(F)F)CC3)c2F)c2c(F)cccc21. The van der Waals surface area contributed by atoms with E-state index in [1.54, 1.807) is 0 Å². The van der Waals surface area contributed by atoms with Gasteiger partial charge in [-0.05, 0) is 37.0 Å². The summed E-state index contributed by atoms with van der Waals surface area (Å²) in [5, 5.41) is -0.618. The molecule has 172 valence electrons. The van der Waals surface area contributed by atoms with Crippen LogP contribution in [0.25, 0.3) is 10.9 Å². The number of hydrogen-bond acceptors (Lipinski definition) is 4. The van der Waals surface area contributed by atoms with Crippen LogP contribution in [0.2, 0.25) is 0 Å². The molecule has 11 heteroatoms. The normalized spacial score (nSPS) is 16.2. The van der Waals surface area contributed by atoms with Crippen LogP contribution in [0, 0.1) is 28.9 Å². The summed E-state index contributed by atoms with van der Waals surface area (Å²) in [6.07, 6.45) is -4.73. The molecule has 5 nitrogen and oxygen atoms in total. The zero-order valence-corrected chi connectivity index (χ0v) is 16.6. The van der Waals surface area contributed by atoms with E-state index in [1.807, 2.05) is 0 Å². The van der Waals surface area contributed by atoms with E-state index in [-0.39, 0.29) is 17.4 Å². The maximum atomic E-state index is 15.4. The highest BCUT2D eigenvalue weighted by atomic mass is 19.3. The van der Waals surface area contributed by atoms with Gasteiger partial charge in [-0.2, -0.15) is 4.98 Å². The van der Waals surface area contributed by atoms with Crippen molar-refractivity contribution in [3.63, 3.8) is 0 Å². The lowest BCUT2D eigenvalue weighted by atomic mass is 10.1. The fourth-order valence-electron chi connectivity index (χ4n) is 3.30. The van der Waals surface area contributed by atoms with Crippen molar-refractivity contribution >= 4 is 22.4 Å². The van der Waals surface area contributed by atoms with Crippen molar-refractivity contribution in [3.05, 3.63) is 58.3 Å². The van der Waals surface area contributed by atoms with Crippen LogP contribution in [-0.4, -0.2) is 33.9 Å². The van der Waals surface area contributed by atoms with Crippen molar-refractivity contribution < 1.29 is 30.5 Å². The average Bonchev–Trinajstić information content (AvgIpc) is 3.57. The van der Waals surface area contributed by atoms with Gasteiger partial charge in [0, 0.05) is 17.3 Å². The Balaban J connectivity index is 1.95. The van der Waals surface area contributed by atoms with Crippen molar-refractivity contribution in [3.8, 4) is 11.8 Å². The number of pyridine rings is 1. The molecule has 2 heterocycles. The lowest BCUT2D eigenvalue weighted by Gasteiger charge is -2.25. The first kappa shape index (κ1) is 19.0. The highest BCUT2D eigenvalue weighted by Crippen LogP contribution is 2.50. The Bertz CT molecular complexity index is 1440. The van der Waals surface area contributed by atoms with E-state index in [4.69, 9.17) is 4.11 Å². The minimum absolute atomic E-state index is 0.103. The minimum atomic E-state index is -3.14. The molecule has 0 atom stereocenters. The van der Waals surface area contributed by atoms with Gasteiger partial charge in [0.25, 0.3) is 12.9 Å². The number of hydrogen-bond donors (Lipinski definition) is 0. The Morgan fingerprint density at radius 1 is 1.24 bits per heavy atom. The molecular formula is C22H16F6N4O. The Morgan fingerprint density at radius 3 is 2.64 bits per heavy atom. The quantitative estimate of drug-likeness (QED) is 0.411. The molecule has 3 aromatic rings. The molecule has 1 saturated carbocycles. The second-order valence-corrected chi connectivity index (χ2v) is 7.39. The lowest BCUT2D eigenvalue weighted by molar-refractivity contribution is 0.0921. The van der Waals surface area contributed by atoms with Gasteiger partial charge in [0.1, 0.15) is 5.82 Å². The fraction of sp³-hybridized carbons (Fsp3) is 0.318. The minimum Gasteiger partial charge on any atom is -0.317 e. The first-order chi connectivity index (χ1) is 16.9. The van der Waals surface area contributed by atoms with E-state index in [2.05, 4.69) is 21.8 Å². The van der Waals surface area contributed by atoms with E-state index in [0.29, 0.717) is 4.90 Å². The summed E-state index contributed by atoms with van der Waals surface area (Å²) < 4.78 is 107. The lowest BCUT2D eigenvalue weighted by Crippen LogP contribution is -2.30. The number of anilines is 2. The maximum absolute atomic E-state index is 15.4. The first-order valence-corrected chi connectivity index (χ1v) is 9.59. The van der Waals surface area contributed by atoms with Gasteiger partial charge in [-0.15, -0.1) is 0 Å². The third-order valence-corrected chi connectivity index (χ3v) is 5.22. The predicted molar refractivity (Wildman–Crippen MR) is 109 cm³/mol. The summed E-state index contributed by atoms with van der Waals surface area (Å²) in [4.78, 5) is 20.3. The fourth-order valence-corrected chi connectivity index (χ4v) is 3.30. The molecule has 1 fully saturated rings. The van der Waals surface area contributed by atoms with Gasteiger partial charge in [-0.25, -0.2) is 36.1 Å². The largest absolute Gasteiger partial charge is 0.349 e. The van der Waals surface area contributed by atoms with Crippen LogP contribution in [0.4, 0.5) is 37.8 Å². The summed E-state index contributed by atoms with van der Waals surface area (Å²) in [5.74, 6) is 1.35. The van der Waals surface area contributed by atoms with Gasteiger partial charge in [-0.3, -0.25) is 4.57 Å². The second kappa shape index (κ2) is 8.42. The van der Waals surface area contributed by atoms with Gasteiger partial charge < -0.3 is 4.90 Å². The third kappa shape index (κ3) is 4.13. The van der Waals surface area contributed by atoms with Crippen molar-refractivity contribution in [2.75, 3.05) is 11.4 Å². The van der Waals surface area contributed by atoms with Gasteiger partial charge in [-0.1, -0.05) is 12.0 Å². The molecule has 33 heavy (non-hydrogen) atoms. The molecule has 0 bridgehead atoms. The van der Waals surface area contributed by atoms with E-state index < -0.39 is 77.2 Å². The Hall–Kier alpha value is -3.55. The summed E-state index contributed by atoms with van der Waals surface area (Å²) in [6.45, 7) is -4.36. The average molecular weight is 469 g/mol. The molecule has 0 amide bonds. The van der Waals surface area contributed by atoms with Crippen molar-refractivity contribution in [1.82, 2.24) is 14.5 Å². The number of aromatic nitrogens is 3. The number of aryl methyl sites for hydroxylation is 1. The number of fused-ring (bicyclic) bond motifs is 1. The topological polar surface area (TPSA) is 51.0 Å². The van der Waals surface area contributed by atoms with Gasteiger partial charge >= 0.3 is 5.69 Å². The first-order valence-electron chi connectivity index (χ1n) is 11.1. The van der Waals surface area contributed by atoms with Crippen LogP contribution < -0.4 is 10.6 Å². The van der Waals surface area contributed by atoms with E-state index in [1.165, 1.54) is 0 Å². The van der Waals surface area contributed by atoms with E-state index in [0.717, 1.165) is 30.5 Å². The molecule has 0 unspecified atom stereocenters. The predicted octanol–water partition coefficient (Wildman–Crippen LogP) is 4.41. The van der Waals surface area contributed by atoms with Crippen LogP contribution in [0.3, 0.4) is 0 Å². The zero-order valence-electron chi connectivity index (χ0n) is 19.6. The number of nitrogens with zero attached hydrogens (tertiary/aromatic N) is 4. The molecule has 1 aromatic carbocycles. The third-order valence-electron chi connectivity index (χ3n) is 5.22. The maximum Gasteiger partial charge on any atom is 0.349 e. The van der Waals surface area contributed by atoms with Gasteiger partial charge in [0.15, 0.2) is 17.3 Å². The Labute approximate surface area is 187 Å². The van der Waals surface area contributed by atoms with Crippen molar-refractivity contribution in [2.45, 2.75) is 25.7 Å². The number of halogens is 6. The molecule has 0 saturated heterocycles. The molecule has 0 radical (unpaired) electrons. The number of benzene rings is 1. The molecule has 0 aliphatic heterocycles. The molecular weight excluding hydrogens is 450 g/mol. The Kier molecular flexibility index (Phi) is 4.84. The van der Waals surface area contributed by atoms with Crippen LogP contribution in [-0.2, 0) is 6.98 Å². The Morgan fingerprint density at radius 2 is 2.00 bits per heavy atom. The van der Waals surface area contributed by atoms with Crippen LogP contribution in [0.5, 0.6) is 0 Å². The summed E-state index contributed by atoms with van der Waals surface area (Å²) in [7, 11) is 0. The van der Waals surface area contributed by atoms with Crippen LogP contribution in [0.1, 0.15) is 22.6 Å². The highest BCUT2D eigenvalue weighted by molar-refractivity contribution is 5.92. The van der Waals surface area contributed by atoms with Crippen molar-refractivity contribution in [2.24, 2.45) is 12.4 Å². The zero-order chi connectivity index (χ0) is 26.4. The summed E-state index contributed by atoms with van der Waals surface area (Å²) >= 11 is 0. The second-order valence-electron chi connectivity index (χ2n) is 7.39. The summed E-state index contributed by atoms with van der Waals surface area (Å²) in [5.41, 5.74) is -4.75. The molecule has 0 spiro atoms. The van der Waals surface area contributed by atoms with Gasteiger partial charge in [0.05, 0.1) is 28.6 Å².